The smallest absolute Gasteiger partial charge is 0.339 e. The topological polar surface area (TPSA) is 108 Å². The van der Waals surface area contributed by atoms with Crippen molar-refractivity contribution in [3.8, 4) is 11.5 Å². The molecule has 3 rings (SSSR count). The van der Waals surface area contributed by atoms with E-state index in [0.29, 0.717) is 35.1 Å². The third-order valence-electron chi connectivity index (χ3n) is 6.50. The van der Waals surface area contributed by atoms with Gasteiger partial charge in [-0.05, 0) is 58.4 Å². The van der Waals surface area contributed by atoms with E-state index in [1.54, 1.807) is 19.9 Å². The Morgan fingerprint density at radius 1 is 1.18 bits per heavy atom. The zero-order chi connectivity index (χ0) is 24.6. The number of carbonyl (C=O) groups is 1. The van der Waals surface area contributed by atoms with E-state index in [-0.39, 0.29) is 45.9 Å². The largest absolute Gasteiger partial charge is 0.512 e. The number of aliphatic hydroxyl groups excluding tert-OH is 1. The zero-order valence-electron chi connectivity index (χ0n) is 20.1. The molecule has 0 spiro atoms. The summed E-state index contributed by atoms with van der Waals surface area (Å²) in [6.45, 7) is 10.8. The molecule has 0 bridgehead atoms. The number of phenols is 2. The van der Waals surface area contributed by atoms with Crippen molar-refractivity contribution >= 4 is 16.8 Å². The molecule has 1 heterocycles. The van der Waals surface area contributed by atoms with Gasteiger partial charge in [0.05, 0.1) is 11.1 Å². The lowest BCUT2D eigenvalue weighted by Gasteiger charge is -2.25. The van der Waals surface area contributed by atoms with Crippen LogP contribution >= 0.6 is 0 Å². The van der Waals surface area contributed by atoms with Crippen molar-refractivity contribution in [2.75, 3.05) is 0 Å². The predicted octanol–water partition coefficient (Wildman–Crippen LogP) is 6.09. The summed E-state index contributed by atoms with van der Waals surface area (Å²) in [6.07, 6.45) is 5.60. The van der Waals surface area contributed by atoms with Gasteiger partial charge in [-0.1, -0.05) is 31.6 Å². The summed E-state index contributed by atoms with van der Waals surface area (Å²) in [6, 6.07) is 0. The molecule has 0 unspecified atom stereocenters. The molecule has 1 aromatic heterocycles. The van der Waals surface area contributed by atoms with Crippen LogP contribution < -0.4 is 5.63 Å². The molecule has 33 heavy (non-hydrogen) atoms. The average Bonchev–Trinajstić information content (AvgIpc) is 2.76. The van der Waals surface area contributed by atoms with Crippen LogP contribution in [0.4, 0.5) is 0 Å². The van der Waals surface area contributed by atoms with E-state index in [0.717, 1.165) is 12.0 Å². The Hall–Kier alpha value is -3.28. The fourth-order valence-electron chi connectivity index (χ4n) is 4.40. The summed E-state index contributed by atoms with van der Waals surface area (Å²) in [5.41, 5.74) is 1.89. The lowest BCUT2D eigenvalue weighted by Crippen LogP contribution is -2.18. The second-order valence-corrected chi connectivity index (χ2v) is 9.02. The first kappa shape index (κ1) is 24.4. The third-order valence-corrected chi connectivity index (χ3v) is 6.50. The number of aryl methyl sites for hydroxylation is 1. The van der Waals surface area contributed by atoms with Crippen LogP contribution in [0.1, 0.15) is 74.0 Å². The van der Waals surface area contributed by atoms with E-state index < -0.39 is 17.2 Å². The van der Waals surface area contributed by atoms with Gasteiger partial charge >= 0.3 is 5.63 Å². The quantitative estimate of drug-likeness (QED) is 0.219. The Labute approximate surface area is 193 Å². The molecule has 1 aromatic carbocycles. The normalized spacial score (nSPS) is 17.6. The molecule has 3 N–H and O–H groups in total. The predicted molar refractivity (Wildman–Crippen MR) is 129 cm³/mol. The van der Waals surface area contributed by atoms with Gasteiger partial charge in [-0.2, -0.15) is 0 Å². The van der Waals surface area contributed by atoms with Crippen LogP contribution in [0, 0.1) is 19.8 Å². The van der Waals surface area contributed by atoms with Crippen LogP contribution in [0.5, 0.6) is 11.5 Å². The number of carbonyl (C=O) groups excluding carboxylic acids is 1. The first-order valence-electron chi connectivity index (χ1n) is 11.3. The third kappa shape index (κ3) is 4.22. The van der Waals surface area contributed by atoms with Gasteiger partial charge in [0.25, 0.3) is 0 Å². The molecule has 2 aromatic rings. The fourth-order valence-corrected chi connectivity index (χ4v) is 4.40. The average molecular weight is 453 g/mol. The monoisotopic (exact) mass is 452 g/mol. The summed E-state index contributed by atoms with van der Waals surface area (Å²) in [4.78, 5) is 26.4. The summed E-state index contributed by atoms with van der Waals surface area (Å²) in [7, 11) is 0. The van der Waals surface area contributed by atoms with Gasteiger partial charge < -0.3 is 19.7 Å². The lowest BCUT2D eigenvalue weighted by molar-refractivity contribution is 0.103. The standard InChI is InChI=1S/C27H32O6/c1-7-19(28)20-14(4)9-8-10-17(20)23(29)22-25(31)18(12-11-13(2)3)24(30)21-15(5)16(6)27(32)33-26(21)22/h10-11,14,28,30-31H,7-9,12H2,1-6H3/t14-/m0/s1. The lowest BCUT2D eigenvalue weighted by atomic mass is 9.79. The van der Waals surface area contributed by atoms with Crippen LogP contribution in [-0.2, 0) is 6.42 Å². The highest BCUT2D eigenvalue weighted by molar-refractivity contribution is 6.20. The first-order chi connectivity index (χ1) is 15.5. The number of hydrogen-bond donors (Lipinski definition) is 3. The molecule has 0 saturated carbocycles. The Morgan fingerprint density at radius 3 is 2.45 bits per heavy atom. The van der Waals surface area contributed by atoms with E-state index in [9.17, 15) is 24.9 Å². The molecule has 176 valence electrons. The maximum Gasteiger partial charge on any atom is 0.339 e. The van der Waals surface area contributed by atoms with Gasteiger partial charge in [-0.25, -0.2) is 4.79 Å². The van der Waals surface area contributed by atoms with Crippen molar-refractivity contribution in [1.82, 2.24) is 0 Å². The van der Waals surface area contributed by atoms with Gasteiger partial charge in [0, 0.05) is 28.7 Å². The van der Waals surface area contributed by atoms with E-state index in [1.165, 1.54) is 0 Å². The van der Waals surface area contributed by atoms with Crippen LogP contribution in [-0.4, -0.2) is 21.1 Å². The summed E-state index contributed by atoms with van der Waals surface area (Å²) < 4.78 is 5.49. The van der Waals surface area contributed by atoms with Crippen molar-refractivity contribution in [2.24, 2.45) is 5.92 Å². The number of aromatic hydroxyl groups is 2. The summed E-state index contributed by atoms with van der Waals surface area (Å²) in [5.74, 6) is -1.07. The minimum atomic E-state index is -0.636. The van der Waals surface area contributed by atoms with E-state index >= 15 is 0 Å². The Morgan fingerprint density at radius 2 is 1.85 bits per heavy atom. The van der Waals surface area contributed by atoms with E-state index in [2.05, 4.69) is 0 Å². The van der Waals surface area contributed by atoms with Gasteiger partial charge in [0.2, 0.25) is 5.78 Å². The van der Waals surface area contributed by atoms with Crippen LogP contribution in [0.3, 0.4) is 0 Å². The van der Waals surface area contributed by atoms with Gasteiger partial charge in [0.15, 0.2) is 5.58 Å². The Bertz CT molecular complexity index is 1280. The maximum absolute atomic E-state index is 13.9. The van der Waals surface area contributed by atoms with Crippen LogP contribution in [0.15, 0.2) is 43.8 Å². The number of Topliss-reactive ketones (excluding diaryl/α,β-unsaturated/α-hetero) is 1. The number of fused-ring (bicyclic) bond motifs is 1. The summed E-state index contributed by atoms with van der Waals surface area (Å²) >= 11 is 0. The molecule has 0 fully saturated rings. The molecular formula is C27H32O6. The number of hydrogen-bond acceptors (Lipinski definition) is 6. The molecular weight excluding hydrogens is 420 g/mol. The highest BCUT2D eigenvalue weighted by Crippen LogP contribution is 2.44. The van der Waals surface area contributed by atoms with Crippen molar-refractivity contribution in [3.63, 3.8) is 0 Å². The molecule has 1 aliphatic carbocycles. The molecule has 1 atom stereocenters. The molecule has 6 nitrogen and oxygen atoms in total. The highest BCUT2D eigenvalue weighted by Gasteiger charge is 2.33. The minimum absolute atomic E-state index is 0.0412. The minimum Gasteiger partial charge on any atom is -0.512 e. The number of allylic oxidation sites excluding steroid dienone is 6. The van der Waals surface area contributed by atoms with Gasteiger partial charge in [-0.3, -0.25) is 4.79 Å². The maximum atomic E-state index is 13.9. The Kier molecular flexibility index (Phi) is 6.86. The van der Waals surface area contributed by atoms with Crippen molar-refractivity contribution < 1.29 is 24.5 Å². The molecule has 0 radical (unpaired) electrons. The molecule has 0 saturated heterocycles. The van der Waals surface area contributed by atoms with Crippen LogP contribution in [0.25, 0.3) is 11.0 Å². The van der Waals surface area contributed by atoms with E-state index in [4.69, 9.17) is 4.42 Å². The second kappa shape index (κ2) is 9.30. The second-order valence-electron chi connectivity index (χ2n) is 9.02. The van der Waals surface area contributed by atoms with Crippen LogP contribution in [0.2, 0.25) is 0 Å². The Balaban J connectivity index is 2.43. The van der Waals surface area contributed by atoms with E-state index in [1.807, 2.05) is 33.8 Å². The first-order valence-corrected chi connectivity index (χ1v) is 11.3. The number of ketones is 1. The van der Waals surface area contributed by atoms with Gasteiger partial charge in [-0.15, -0.1) is 0 Å². The van der Waals surface area contributed by atoms with Gasteiger partial charge in [0.1, 0.15) is 17.1 Å². The molecule has 1 aliphatic rings. The number of aliphatic hydroxyl groups is 1. The van der Waals surface area contributed by atoms with Crippen molar-refractivity contribution in [2.45, 2.75) is 67.2 Å². The summed E-state index contributed by atoms with van der Waals surface area (Å²) in [5, 5.41) is 33.1. The van der Waals surface area contributed by atoms with Crippen molar-refractivity contribution in [1.29, 1.82) is 0 Å². The molecule has 0 aliphatic heterocycles. The molecule has 0 amide bonds. The number of rotatable bonds is 5. The van der Waals surface area contributed by atoms with Crippen molar-refractivity contribution in [3.05, 3.63) is 67.3 Å². The number of phenolic OH excluding ortho intramolecular Hbond substituents is 2. The SMILES string of the molecule is CCC(O)=C1C(C(=O)c2c(O)c(CC=C(C)C)c(O)c3c(C)c(C)c(=O)oc23)=CCC[C@@H]1C. The fraction of sp³-hybridized carbons (Fsp3) is 0.407. The molecule has 6 heteroatoms. The zero-order valence-corrected chi connectivity index (χ0v) is 20.1. The number of benzene rings is 1. The highest BCUT2D eigenvalue weighted by atomic mass is 16.4.